The second-order valence-electron chi connectivity index (χ2n) is 5.97. The number of rotatable bonds is 9. The normalized spacial score (nSPS) is 14.9. The summed E-state index contributed by atoms with van der Waals surface area (Å²) >= 11 is 0. The van der Waals surface area contributed by atoms with Crippen molar-refractivity contribution in [1.29, 1.82) is 0 Å². The second-order valence-corrected chi connectivity index (χ2v) is 5.97. The molecule has 1 fully saturated rings. The zero-order valence-electron chi connectivity index (χ0n) is 13.0. The van der Waals surface area contributed by atoms with Crippen LogP contribution in [0.3, 0.4) is 0 Å². The van der Waals surface area contributed by atoms with Crippen LogP contribution in [0.4, 0.5) is 0 Å². The van der Waals surface area contributed by atoms with Crippen molar-refractivity contribution >= 4 is 11.0 Å². The number of nitrogens with one attached hydrogen (secondary N) is 2. The van der Waals surface area contributed by atoms with Crippen LogP contribution in [0.15, 0.2) is 28.7 Å². The second kappa shape index (κ2) is 7.10. The fourth-order valence-electron chi connectivity index (χ4n) is 2.80. The van der Waals surface area contributed by atoms with Crippen LogP contribution in [0.5, 0.6) is 0 Å². The van der Waals surface area contributed by atoms with Gasteiger partial charge in [-0.15, -0.1) is 0 Å². The molecule has 0 aliphatic heterocycles. The van der Waals surface area contributed by atoms with Gasteiger partial charge in [-0.25, -0.2) is 0 Å². The summed E-state index contributed by atoms with van der Waals surface area (Å²) in [5, 5.41) is 8.28. The van der Waals surface area contributed by atoms with Crippen LogP contribution < -0.4 is 10.6 Å². The molecular formula is C18H26N2O. The Morgan fingerprint density at radius 1 is 1.19 bits per heavy atom. The molecule has 1 aliphatic rings. The summed E-state index contributed by atoms with van der Waals surface area (Å²) in [6, 6.07) is 9.20. The molecule has 0 saturated heterocycles. The van der Waals surface area contributed by atoms with Gasteiger partial charge in [-0.3, -0.25) is 0 Å². The molecule has 1 aromatic carbocycles. The standard InChI is InChI=1S/C18H26N2O/c1-2-19-13-16-15-7-3-4-8-17(15)21-18(16)9-5-6-12-20-14-10-11-14/h3-4,7-8,14,19-20H,2,5-6,9-13H2,1H3. The van der Waals surface area contributed by atoms with Gasteiger partial charge in [0.2, 0.25) is 0 Å². The molecule has 0 unspecified atom stereocenters. The van der Waals surface area contributed by atoms with Crippen molar-refractivity contribution in [3.8, 4) is 0 Å². The minimum Gasteiger partial charge on any atom is -0.461 e. The van der Waals surface area contributed by atoms with E-state index in [9.17, 15) is 0 Å². The Labute approximate surface area is 127 Å². The number of para-hydroxylation sites is 1. The first kappa shape index (κ1) is 14.6. The van der Waals surface area contributed by atoms with Crippen LogP contribution in [0.25, 0.3) is 11.0 Å². The van der Waals surface area contributed by atoms with Gasteiger partial charge in [0.1, 0.15) is 11.3 Å². The topological polar surface area (TPSA) is 37.2 Å². The third-order valence-electron chi connectivity index (χ3n) is 4.17. The van der Waals surface area contributed by atoms with Crippen LogP contribution in [-0.2, 0) is 13.0 Å². The van der Waals surface area contributed by atoms with Crippen LogP contribution in [-0.4, -0.2) is 19.1 Å². The Balaban J connectivity index is 1.61. The molecular weight excluding hydrogens is 260 g/mol. The van der Waals surface area contributed by atoms with E-state index >= 15 is 0 Å². The lowest BCUT2D eigenvalue weighted by Gasteiger charge is -2.05. The lowest BCUT2D eigenvalue weighted by Crippen LogP contribution is -2.17. The average molecular weight is 286 g/mol. The van der Waals surface area contributed by atoms with Crippen LogP contribution >= 0.6 is 0 Å². The summed E-state index contributed by atoms with van der Waals surface area (Å²) in [7, 11) is 0. The van der Waals surface area contributed by atoms with Gasteiger partial charge in [-0.2, -0.15) is 0 Å². The van der Waals surface area contributed by atoms with E-state index in [0.717, 1.165) is 37.7 Å². The van der Waals surface area contributed by atoms with Gasteiger partial charge in [-0.1, -0.05) is 25.1 Å². The fraction of sp³-hybridized carbons (Fsp3) is 0.556. The summed E-state index contributed by atoms with van der Waals surface area (Å²) in [5.41, 5.74) is 2.37. The summed E-state index contributed by atoms with van der Waals surface area (Å²) < 4.78 is 6.08. The number of benzene rings is 1. The first-order valence-corrected chi connectivity index (χ1v) is 8.32. The van der Waals surface area contributed by atoms with Crippen LogP contribution in [0, 0.1) is 0 Å². The van der Waals surface area contributed by atoms with Crippen molar-refractivity contribution < 1.29 is 4.42 Å². The maximum Gasteiger partial charge on any atom is 0.134 e. The highest BCUT2D eigenvalue weighted by molar-refractivity contribution is 5.82. The van der Waals surface area contributed by atoms with Gasteiger partial charge < -0.3 is 15.1 Å². The van der Waals surface area contributed by atoms with Gasteiger partial charge >= 0.3 is 0 Å². The average Bonchev–Trinajstić information content (AvgIpc) is 3.26. The van der Waals surface area contributed by atoms with Crippen LogP contribution in [0.1, 0.15) is 43.9 Å². The first-order chi connectivity index (χ1) is 10.4. The van der Waals surface area contributed by atoms with E-state index < -0.39 is 0 Å². The van der Waals surface area contributed by atoms with Crippen LogP contribution in [0.2, 0.25) is 0 Å². The van der Waals surface area contributed by atoms with E-state index in [0.29, 0.717) is 0 Å². The van der Waals surface area contributed by atoms with E-state index in [4.69, 9.17) is 4.42 Å². The Kier molecular flexibility index (Phi) is 4.94. The van der Waals surface area contributed by atoms with E-state index in [1.807, 2.05) is 6.07 Å². The first-order valence-electron chi connectivity index (χ1n) is 8.32. The monoisotopic (exact) mass is 286 g/mol. The minimum atomic E-state index is 0.820. The number of hydrogen-bond acceptors (Lipinski definition) is 3. The molecule has 1 heterocycles. The Hall–Kier alpha value is -1.32. The molecule has 1 aromatic heterocycles. The molecule has 3 rings (SSSR count). The molecule has 2 aromatic rings. The minimum absolute atomic E-state index is 0.820. The number of aryl methyl sites for hydroxylation is 1. The maximum atomic E-state index is 6.08. The summed E-state index contributed by atoms with van der Waals surface area (Å²) in [4.78, 5) is 0. The Bertz CT molecular complexity index is 572. The smallest absolute Gasteiger partial charge is 0.134 e. The number of hydrogen-bond donors (Lipinski definition) is 2. The van der Waals surface area contributed by atoms with Gasteiger partial charge in [0.25, 0.3) is 0 Å². The number of fused-ring (bicyclic) bond motifs is 1. The van der Waals surface area contributed by atoms with Gasteiger partial charge in [-0.05, 0) is 44.8 Å². The van der Waals surface area contributed by atoms with Crippen molar-refractivity contribution in [2.45, 2.75) is 51.6 Å². The highest BCUT2D eigenvalue weighted by Crippen LogP contribution is 2.27. The van der Waals surface area contributed by atoms with Gasteiger partial charge in [0, 0.05) is 30.0 Å². The van der Waals surface area contributed by atoms with E-state index in [1.165, 1.54) is 42.4 Å². The lowest BCUT2D eigenvalue weighted by molar-refractivity contribution is 0.515. The van der Waals surface area contributed by atoms with E-state index in [-0.39, 0.29) is 0 Å². The molecule has 0 radical (unpaired) electrons. The molecule has 1 aliphatic carbocycles. The summed E-state index contributed by atoms with van der Waals surface area (Å²) in [6.45, 7) is 5.19. The maximum absolute atomic E-state index is 6.08. The quantitative estimate of drug-likeness (QED) is 0.691. The SMILES string of the molecule is CCNCc1c(CCCCNC2CC2)oc2ccccc12. The highest BCUT2D eigenvalue weighted by atomic mass is 16.3. The summed E-state index contributed by atoms with van der Waals surface area (Å²) in [5.74, 6) is 1.17. The molecule has 0 atom stereocenters. The largest absolute Gasteiger partial charge is 0.461 e. The zero-order chi connectivity index (χ0) is 14.5. The predicted octanol–water partition coefficient (Wildman–Crippen LogP) is 3.62. The molecule has 0 bridgehead atoms. The predicted molar refractivity (Wildman–Crippen MR) is 87.6 cm³/mol. The zero-order valence-corrected chi connectivity index (χ0v) is 13.0. The van der Waals surface area contributed by atoms with Gasteiger partial charge in [0.15, 0.2) is 0 Å². The molecule has 3 heteroatoms. The molecule has 3 nitrogen and oxygen atoms in total. The van der Waals surface area contributed by atoms with Gasteiger partial charge in [0.05, 0.1) is 0 Å². The Morgan fingerprint density at radius 3 is 2.86 bits per heavy atom. The third kappa shape index (κ3) is 3.86. The molecule has 21 heavy (non-hydrogen) atoms. The summed E-state index contributed by atoms with van der Waals surface area (Å²) in [6.07, 6.45) is 6.21. The molecule has 2 N–H and O–H groups in total. The fourth-order valence-corrected chi connectivity index (χ4v) is 2.80. The van der Waals surface area contributed by atoms with Crippen molar-refractivity contribution in [3.63, 3.8) is 0 Å². The molecule has 0 spiro atoms. The molecule has 114 valence electrons. The van der Waals surface area contributed by atoms with E-state index in [2.05, 4.69) is 35.8 Å². The Morgan fingerprint density at radius 2 is 2.05 bits per heavy atom. The van der Waals surface area contributed by atoms with E-state index in [1.54, 1.807) is 0 Å². The van der Waals surface area contributed by atoms with Crippen molar-refractivity contribution in [2.75, 3.05) is 13.1 Å². The van der Waals surface area contributed by atoms with Crippen molar-refractivity contribution in [2.24, 2.45) is 0 Å². The number of furan rings is 1. The third-order valence-corrected chi connectivity index (χ3v) is 4.17. The molecule has 0 amide bonds. The lowest BCUT2D eigenvalue weighted by atomic mass is 10.1. The highest BCUT2D eigenvalue weighted by Gasteiger charge is 2.19. The van der Waals surface area contributed by atoms with Crippen molar-refractivity contribution in [3.05, 3.63) is 35.6 Å². The number of unbranched alkanes of at least 4 members (excludes halogenated alkanes) is 1. The molecule has 1 saturated carbocycles. The van der Waals surface area contributed by atoms with Crippen molar-refractivity contribution in [1.82, 2.24) is 10.6 Å².